The normalized spacial score (nSPS) is 11.4. The smallest absolute Gasteiger partial charge is 0.00260 e. The highest BCUT2D eigenvalue weighted by Crippen LogP contribution is 2.51. The molecule has 0 heterocycles. The molecule has 0 aliphatic heterocycles. The molecule has 614 valence electrons. The molecule has 125 heavy (non-hydrogen) atoms. The zero-order valence-corrected chi connectivity index (χ0v) is 76.9. The van der Waals surface area contributed by atoms with Crippen LogP contribution in [0.4, 0.5) is 0 Å². The van der Waals surface area contributed by atoms with Gasteiger partial charge in [0.2, 0.25) is 0 Å². The van der Waals surface area contributed by atoms with E-state index in [1.54, 1.807) is 0 Å². The number of benzene rings is 20. The lowest BCUT2D eigenvalue weighted by Crippen LogP contribution is -1.96. The molecular weight excluding hydrogens is 1500 g/mol. The summed E-state index contributed by atoms with van der Waals surface area (Å²) in [5.41, 5.74) is 49.2. The first kappa shape index (κ1) is 83.7. The van der Waals surface area contributed by atoms with Crippen LogP contribution in [-0.2, 0) is 0 Å². The number of hydrogen-bond acceptors (Lipinski definition) is 0. The third-order valence-corrected chi connectivity index (χ3v) is 27.5. The first-order chi connectivity index (χ1) is 60.2. The molecule has 20 rings (SSSR count). The summed E-state index contributed by atoms with van der Waals surface area (Å²) in [6.07, 6.45) is 0. The molecule has 20 aromatic rings. The highest BCUT2D eigenvalue weighted by molar-refractivity contribution is 6.26. The van der Waals surface area contributed by atoms with E-state index in [1.807, 2.05) is 0 Å². The Balaban J connectivity index is 0.000000118. The van der Waals surface area contributed by atoms with Crippen LogP contribution in [0.2, 0.25) is 0 Å². The Hall–Kier alpha value is -13.5. The molecule has 0 saturated carbocycles. The molecule has 0 heteroatoms. The predicted octanol–water partition coefficient (Wildman–Crippen LogP) is 35.8. The van der Waals surface area contributed by atoms with Crippen LogP contribution < -0.4 is 0 Å². The highest BCUT2D eigenvalue weighted by atomic mass is 14.3. The van der Waals surface area contributed by atoms with Crippen LogP contribution in [0.25, 0.3) is 175 Å². The number of fused-ring (bicyclic) bond motifs is 8. The number of aryl methyl sites for hydroxylation is 17. The van der Waals surface area contributed by atoms with Crippen molar-refractivity contribution in [2.24, 2.45) is 0 Å². The predicted molar refractivity (Wildman–Crippen MR) is 549 cm³/mol. The fraction of sp³-hybridized carbons (Fsp3) is 0.168. The van der Waals surface area contributed by atoms with Crippen molar-refractivity contribution in [3.63, 3.8) is 0 Å². The lowest BCUT2D eigenvalue weighted by Gasteiger charge is -2.21. The van der Waals surface area contributed by atoms with Crippen LogP contribution in [0.3, 0.4) is 0 Å². The summed E-state index contributed by atoms with van der Waals surface area (Å²) in [5, 5.41) is 21.2. The first-order valence-corrected chi connectivity index (χ1v) is 44.6. The molecule has 0 atom stereocenters. The Morgan fingerprint density at radius 3 is 0.440 bits per heavy atom. The van der Waals surface area contributed by atoms with Gasteiger partial charge in [-0.05, 0) is 410 Å². The van der Waals surface area contributed by atoms with Gasteiger partial charge in [-0.25, -0.2) is 0 Å². The molecule has 0 aromatic heterocycles. The number of rotatable bonds is 8. The third kappa shape index (κ3) is 15.8. The van der Waals surface area contributed by atoms with Crippen molar-refractivity contribution in [2.75, 3.05) is 0 Å². The molecule has 0 amide bonds. The maximum Gasteiger partial charge on any atom is -0.00260 e. The van der Waals surface area contributed by atoms with Gasteiger partial charge in [0.15, 0.2) is 0 Å². The standard InChI is InChI=1S/C35H36.C34H34.2C28H22/c1-19-10-11-30-31(12-19)35(29-15-24(6)27(9)25(7)16-29)33-18-21(3)20(2)17-32(33)34(30)28-13-22(4)26(8)23(5)14-28;1-19-9-11-29-31(13-19)34(28-17-23(5)26(8)24(6)18-28)32-14-20(2)10-12-30(32)33(29)27-15-21(3)25(7)22(4)16-27;1-19-17-25-26(18-20(19)2)28(22-13-7-4-8-14-22)24-16-10-9-15-23(24)27(25)21-11-5-3-6-12-21;1-19-13-15-23-25(17-19)27(21-9-5-3-6-10-21)24-16-14-20(2)18-26(24)28(23)22-11-7-4-8-12-22/h10-18H,1-9H3;9-18H,1-8H3;2*3-18H,1-2H3. The summed E-state index contributed by atoms with van der Waals surface area (Å²) in [7, 11) is 0. The van der Waals surface area contributed by atoms with Crippen molar-refractivity contribution in [3.05, 3.63) is 426 Å². The molecule has 0 nitrogen and oxygen atoms in total. The molecule has 0 fully saturated rings. The van der Waals surface area contributed by atoms with Crippen LogP contribution in [-0.4, -0.2) is 0 Å². The fourth-order valence-corrected chi connectivity index (χ4v) is 19.6. The van der Waals surface area contributed by atoms with Gasteiger partial charge in [0, 0.05) is 0 Å². The summed E-state index contributed by atoms with van der Waals surface area (Å²) in [5.74, 6) is 0. The zero-order valence-electron chi connectivity index (χ0n) is 76.9. The summed E-state index contributed by atoms with van der Waals surface area (Å²) in [6, 6.07) is 115. The van der Waals surface area contributed by atoms with Crippen molar-refractivity contribution in [1.82, 2.24) is 0 Å². The second-order valence-corrected chi connectivity index (χ2v) is 36.2. The Kier molecular flexibility index (Phi) is 23.0. The van der Waals surface area contributed by atoms with E-state index in [2.05, 4.69) is 455 Å². The van der Waals surface area contributed by atoms with E-state index in [0.717, 1.165) is 0 Å². The van der Waals surface area contributed by atoms with Gasteiger partial charge in [0.25, 0.3) is 0 Å². The second kappa shape index (κ2) is 34.3. The van der Waals surface area contributed by atoms with Crippen molar-refractivity contribution >= 4 is 86.2 Å². The van der Waals surface area contributed by atoms with Crippen molar-refractivity contribution in [2.45, 2.75) is 145 Å². The summed E-state index contributed by atoms with van der Waals surface area (Å²) in [6.45, 7) is 46.7. The first-order valence-electron chi connectivity index (χ1n) is 44.6. The topological polar surface area (TPSA) is 0 Å². The molecule has 0 bridgehead atoms. The average molecular weight is 1620 g/mol. The van der Waals surface area contributed by atoms with Gasteiger partial charge in [0.05, 0.1) is 0 Å². The quantitative estimate of drug-likeness (QED) is 0.133. The fourth-order valence-electron chi connectivity index (χ4n) is 19.6. The molecule has 0 N–H and O–H groups in total. The largest absolute Gasteiger partial charge is 0.0622 e. The molecule has 0 radical (unpaired) electrons. The van der Waals surface area contributed by atoms with E-state index in [1.165, 1.54) is 292 Å². The molecule has 0 saturated heterocycles. The van der Waals surface area contributed by atoms with E-state index in [0.29, 0.717) is 0 Å². The van der Waals surface area contributed by atoms with Gasteiger partial charge in [-0.2, -0.15) is 0 Å². The van der Waals surface area contributed by atoms with Gasteiger partial charge in [-0.1, -0.05) is 337 Å². The van der Waals surface area contributed by atoms with Crippen LogP contribution in [0, 0.1) is 145 Å². The van der Waals surface area contributed by atoms with E-state index < -0.39 is 0 Å². The van der Waals surface area contributed by atoms with Crippen LogP contribution in [0.5, 0.6) is 0 Å². The highest BCUT2D eigenvalue weighted by Gasteiger charge is 2.25. The molecular formula is C125H114. The second-order valence-electron chi connectivity index (χ2n) is 36.2. The Labute approximate surface area is 741 Å². The minimum atomic E-state index is 1.27. The van der Waals surface area contributed by atoms with Gasteiger partial charge >= 0.3 is 0 Å². The minimum absolute atomic E-state index is 1.27. The van der Waals surface area contributed by atoms with Gasteiger partial charge in [0.1, 0.15) is 0 Å². The maximum absolute atomic E-state index is 2.42. The molecule has 0 aliphatic rings. The van der Waals surface area contributed by atoms with Crippen molar-refractivity contribution in [3.8, 4) is 89.0 Å². The Bertz CT molecular complexity index is 7260. The third-order valence-electron chi connectivity index (χ3n) is 27.5. The van der Waals surface area contributed by atoms with E-state index in [-0.39, 0.29) is 0 Å². The molecule has 0 aliphatic carbocycles. The van der Waals surface area contributed by atoms with Gasteiger partial charge in [-0.3, -0.25) is 0 Å². The molecule has 20 aromatic carbocycles. The van der Waals surface area contributed by atoms with E-state index in [9.17, 15) is 0 Å². The average Bonchev–Trinajstić information content (AvgIpc) is 0.739. The summed E-state index contributed by atoms with van der Waals surface area (Å²) in [4.78, 5) is 0. The molecule has 0 unspecified atom stereocenters. The van der Waals surface area contributed by atoms with Crippen molar-refractivity contribution < 1.29 is 0 Å². The van der Waals surface area contributed by atoms with E-state index in [4.69, 9.17) is 0 Å². The maximum atomic E-state index is 2.42. The van der Waals surface area contributed by atoms with Crippen LogP contribution in [0.1, 0.15) is 117 Å². The Morgan fingerprint density at radius 2 is 0.248 bits per heavy atom. The minimum Gasteiger partial charge on any atom is -0.0622 e. The lowest BCUT2D eigenvalue weighted by molar-refractivity contribution is 1.27. The molecule has 0 spiro atoms. The summed E-state index contributed by atoms with van der Waals surface area (Å²) < 4.78 is 0. The van der Waals surface area contributed by atoms with E-state index >= 15 is 0 Å². The zero-order chi connectivity index (χ0) is 87.7. The van der Waals surface area contributed by atoms with Crippen molar-refractivity contribution in [1.29, 1.82) is 0 Å². The number of hydrogen-bond donors (Lipinski definition) is 0. The monoisotopic (exact) mass is 1610 g/mol. The van der Waals surface area contributed by atoms with Crippen LogP contribution >= 0.6 is 0 Å². The van der Waals surface area contributed by atoms with Gasteiger partial charge in [-0.15, -0.1) is 0 Å². The van der Waals surface area contributed by atoms with Gasteiger partial charge < -0.3 is 0 Å². The lowest BCUT2D eigenvalue weighted by atomic mass is 9.82. The van der Waals surface area contributed by atoms with Crippen LogP contribution in [0.15, 0.2) is 309 Å². The Morgan fingerprint density at radius 1 is 0.104 bits per heavy atom. The SMILES string of the molecule is Cc1cc2c(-c3ccccc3)c3ccccc3c(-c3ccccc3)c2cc1C.Cc1ccc2c(-c3cc(C)c(C)c(C)c3)c3cc(C)c(C)cc3c(-c3cc(C)c(C)c(C)c3)c2c1.Cc1ccc2c(-c3cc(C)c(C)c(C)c3)c3ccc(C)cc3c(-c3cc(C)c(C)c(C)c3)c2c1.Cc1ccc2c(-c3ccccc3)c3cc(C)ccc3c(-c3ccccc3)c2c1. The summed E-state index contributed by atoms with van der Waals surface area (Å²) >= 11 is 0.